The molecule has 1 aliphatic rings. The van der Waals surface area contributed by atoms with E-state index in [9.17, 15) is 9.59 Å². The van der Waals surface area contributed by atoms with E-state index in [1.807, 2.05) is 42.4 Å². The Balaban J connectivity index is 1.91. The number of nitrogens with one attached hydrogen (secondary N) is 1. The van der Waals surface area contributed by atoms with Gasteiger partial charge in [-0.1, -0.05) is 18.2 Å². The Morgan fingerprint density at radius 1 is 1.10 bits per heavy atom. The summed E-state index contributed by atoms with van der Waals surface area (Å²) in [5.74, 6) is 0.616. The largest absolute Gasteiger partial charge is 0.493 e. The van der Waals surface area contributed by atoms with E-state index in [1.54, 1.807) is 19.0 Å². The molecule has 0 aliphatic carbocycles. The number of methoxy groups -OCH3 is 2. The van der Waals surface area contributed by atoms with E-state index in [2.05, 4.69) is 5.32 Å². The van der Waals surface area contributed by atoms with Crippen molar-refractivity contribution in [1.82, 2.24) is 10.3 Å². The fourth-order valence-electron chi connectivity index (χ4n) is 3.15. The predicted octanol–water partition coefficient (Wildman–Crippen LogP) is 2.58. The van der Waals surface area contributed by atoms with Crippen molar-refractivity contribution in [3.05, 3.63) is 53.4 Å². The predicted molar refractivity (Wildman–Crippen MR) is 115 cm³/mol. The second-order valence-electron chi connectivity index (χ2n) is 6.68. The van der Waals surface area contributed by atoms with E-state index in [1.165, 1.54) is 20.3 Å². The number of hydrogen-bond acceptors (Lipinski definition) is 8. The van der Waals surface area contributed by atoms with E-state index in [0.717, 1.165) is 5.69 Å². The number of amides is 1. The van der Waals surface area contributed by atoms with Gasteiger partial charge in [-0.2, -0.15) is 0 Å². The summed E-state index contributed by atoms with van der Waals surface area (Å²) in [5, 5.41) is 6.28. The number of hydrogen-bond donors (Lipinski definition) is 1. The zero-order valence-corrected chi connectivity index (χ0v) is 18.1. The lowest BCUT2D eigenvalue weighted by Gasteiger charge is -2.33. The van der Waals surface area contributed by atoms with Gasteiger partial charge in [-0.25, -0.2) is 0 Å². The van der Waals surface area contributed by atoms with Crippen molar-refractivity contribution in [2.24, 2.45) is 0 Å². The maximum Gasteiger partial charge on any atom is 0.259 e. The molecule has 9 heteroatoms. The first-order valence-corrected chi connectivity index (χ1v) is 9.47. The SMILES string of the molecule is COc1cc(C(=O)N/C(C=O)=C(\C)N(C)N(C)c2ccccc2)c(OC)c2c1OCO2. The summed E-state index contributed by atoms with van der Waals surface area (Å²) in [6.45, 7) is 1.73. The first kappa shape index (κ1) is 21.8. The minimum absolute atomic E-state index is 0.0116. The van der Waals surface area contributed by atoms with Gasteiger partial charge in [0.2, 0.25) is 18.3 Å². The molecule has 0 atom stereocenters. The number of nitrogens with zero attached hydrogens (tertiary/aromatic N) is 2. The van der Waals surface area contributed by atoms with Crippen molar-refractivity contribution in [1.29, 1.82) is 0 Å². The number of benzene rings is 2. The van der Waals surface area contributed by atoms with Gasteiger partial charge in [0.1, 0.15) is 5.70 Å². The highest BCUT2D eigenvalue weighted by molar-refractivity contribution is 6.02. The van der Waals surface area contributed by atoms with Crippen molar-refractivity contribution in [2.45, 2.75) is 6.92 Å². The number of allylic oxidation sites excluding steroid dienone is 2. The van der Waals surface area contributed by atoms with Crippen LogP contribution in [0.25, 0.3) is 0 Å². The number of anilines is 1. The van der Waals surface area contributed by atoms with Gasteiger partial charge in [-0.15, -0.1) is 0 Å². The summed E-state index contributed by atoms with van der Waals surface area (Å²) < 4.78 is 21.5. The molecule has 2 aromatic rings. The average Bonchev–Trinajstić information content (AvgIpc) is 3.30. The van der Waals surface area contributed by atoms with Crippen LogP contribution in [0.1, 0.15) is 17.3 Å². The summed E-state index contributed by atoms with van der Waals surface area (Å²) in [5.41, 5.74) is 1.72. The topological polar surface area (TPSA) is 89.6 Å². The first-order chi connectivity index (χ1) is 14.9. The Morgan fingerprint density at radius 3 is 2.39 bits per heavy atom. The third kappa shape index (κ3) is 4.20. The van der Waals surface area contributed by atoms with Crippen LogP contribution in [-0.4, -0.2) is 52.3 Å². The van der Waals surface area contributed by atoms with E-state index >= 15 is 0 Å². The minimum Gasteiger partial charge on any atom is -0.493 e. The van der Waals surface area contributed by atoms with E-state index in [4.69, 9.17) is 18.9 Å². The molecule has 9 nitrogen and oxygen atoms in total. The van der Waals surface area contributed by atoms with Crippen molar-refractivity contribution in [3.63, 3.8) is 0 Å². The van der Waals surface area contributed by atoms with Crippen molar-refractivity contribution < 1.29 is 28.5 Å². The molecule has 164 valence electrons. The number of para-hydroxylation sites is 1. The fraction of sp³-hybridized carbons (Fsp3) is 0.273. The molecule has 1 aliphatic heterocycles. The lowest BCUT2D eigenvalue weighted by Crippen LogP contribution is -2.38. The normalized spacial score (nSPS) is 12.5. The smallest absolute Gasteiger partial charge is 0.259 e. The molecule has 1 heterocycles. The second kappa shape index (κ2) is 9.29. The van der Waals surface area contributed by atoms with E-state index in [0.29, 0.717) is 23.5 Å². The number of rotatable bonds is 8. The van der Waals surface area contributed by atoms with Crippen LogP contribution in [0.15, 0.2) is 47.8 Å². The van der Waals surface area contributed by atoms with Gasteiger partial charge in [0.15, 0.2) is 17.8 Å². The van der Waals surface area contributed by atoms with Gasteiger partial charge in [0, 0.05) is 20.2 Å². The Kier molecular flexibility index (Phi) is 6.54. The molecule has 1 amide bonds. The van der Waals surface area contributed by atoms with Gasteiger partial charge in [0.05, 0.1) is 31.2 Å². The Hall–Kier alpha value is -3.88. The van der Waals surface area contributed by atoms with Crippen LogP contribution in [0, 0.1) is 0 Å². The van der Waals surface area contributed by atoms with Crippen LogP contribution in [-0.2, 0) is 4.79 Å². The van der Waals surface area contributed by atoms with Gasteiger partial charge in [-0.3, -0.25) is 19.6 Å². The highest BCUT2D eigenvalue weighted by Gasteiger charge is 2.30. The fourth-order valence-corrected chi connectivity index (χ4v) is 3.15. The Labute approximate surface area is 180 Å². The monoisotopic (exact) mass is 427 g/mol. The molecule has 0 bridgehead atoms. The average molecular weight is 427 g/mol. The highest BCUT2D eigenvalue weighted by atomic mass is 16.7. The van der Waals surface area contributed by atoms with Gasteiger partial charge in [0.25, 0.3) is 5.91 Å². The molecule has 0 spiro atoms. The molecule has 1 N–H and O–H groups in total. The zero-order chi connectivity index (χ0) is 22.5. The van der Waals surface area contributed by atoms with Crippen LogP contribution < -0.4 is 29.3 Å². The lowest BCUT2D eigenvalue weighted by molar-refractivity contribution is -0.105. The maximum absolute atomic E-state index is 13.1. The molecule has 0 saturated heterocycles. The van der Waals surface area contributed by atoms with Crippen LogP contribution >= 0.6 is 0 Å². The number of aldehydes is 1. The summed E-state index contributed by atoms with van der Waals surface area (Å²) in [4.78, 5) is 24.9. The number of ether oxygens (including phenoxy) is 4. The Bertz CT molecular complexity index is 1010. The second-order valence-corrected chi connectivity index (χ2v) is 6.68. The molecule has 31 heavy (non-hydrogen) atoms. The summed E-state index contributed by atoms with van der Waals surface area (Å²) >= 11 is 0. The molecule has 2 aromatic carbocycles. The van der Waals surface area contributed by atoms with Crippen LogP contribution in [0.2, 0.25) is 0 Å². The van der Waals surface area contributed by atoms with Crippen molar-refractivity contribution in [3.8, 4) is 23.0 Å². The quantitative estimate of drug-likeness (QED) is 0.391. The third-order valence-electron chi connectivity index (χ3n) is 5.05. The molecule has 0 saturated carbocycles. The number of carbonyl (C=O) groups is 2. The number of fused-ring (bicyclic) bond motifs is 1. The van der Waals surface area contributed by atoms with Gasteiger partial charge < -0.3 is 24.3 Å². The summed E-state index contributed by atoms with van der Waals surface area (Å²) in [6, 6.07) is 11.1. The molecule has 3 rings (SSSR count). The highest BCUT2D eigenvalue weighted by Crippen LogP contribution is 2.49. The molecule has 0 radical (unpaired) electrons. The first-order valence-electron chi connectivity index (χ1n) is 9.47. The lowest BCUT2D eigenvalue weighted by atomic mass is 10.1. The summed E-state index contributed by atoms with van der Waals surface area (Å²) in [6.07, 6.45) is 0.596. The molecule has 0 fully saturated rings. The summed E-state index contributed by atoms with van der Waals surface area (Å²) in [7, 11) is 6.53. The molecular weight excluding hydrogens is 402 g/mol. The van der Waals surface area contributed by atoms with Crippen molar-refractivity contribution in [2.75, 3.05) is 40.1 Å². The number of hydrazine groups is 1. The third-order valence-corrected chi connectivity index (χ3v) is 5.05. The molecule has 0 aromatic heterocycles. The number of carbonyl (C=O) groups excluding carboxylic acids is 2. The standard InChI is InChI=1S/C22H25N3O6/c1-14(24(2)25(3)15-9-7-6-8-10-15)17(12-26)23-22(27)16-11-18(28-4)20-21(19(16)29-5)31-13-30-20/h6-12H,13H2,1-5H3,(H,23,27)/b17-14+. The van der Waals surface area contributed by atoms with E-state index in [-0.39, 0.29) is 29.6 Å². The van der Waals surface area contributed by atoms with Crippen LogP contribution in [0.3, 0.4) is 0 Å². The minimum atomic E-state index is -0.550. The zero-order valence-electron chi connectivity index (χ0n) is 18.1. The Morgan fingerprint density at radius 2 is 1.77 bits per heavy atom. The maximum atomic E-state index is 13.1. The van der Waals surface area contributed by atoms with E-state index < -0.39 is 5.91 Å². The van der Waals surface area contributed by atoms with Gasteiger partial charge in [-0.05, 0) is 19.1 Å². The van der Waals surface area contributed by atoms with Crippen molar-refractivity contribution >= 4 is 17.9 Å². The van der Waals surface area contributed by atoms with Crippen LogP contribution in [0.4, 0.5) is 5.69 Å². The molecule has 0 unspecified atom stereocenters. The molecular formula is C22H25N3O6. The van der Waals surface area contributed by atoms with Gasteiger partial charge >= 0.3 is 0 Å². The van der Waals surface area contributed by atoms with Crippen LogP contribution in [0.5, 0.6) is 23.0 Å².